The van der Waals surface area contributed by atoms with Gasteiger partial charge in [0.15, 0.2) is 0 Å². The van der Waals surface area contributed by atoms with Crippen molar-refractivity contribution in [2.45, 2.75) is 90.4 Å². The summed E-state index contributed by atoms with van der Waals surface area (Å²) in [4.78, 5) is 0. The Morgan fingerprint density at radius 1 is 0.650 bits per heavy atom. The normalized spacial score (nSPS) is 12.7. The number of aliphatic hydroxyl groups excluding tert-OH is 1. The van der Waals surface area contributed by atoms with E-state index in [0.717, 1.165) is 37.2 Å². The third-order valence-electron chi connectivity index (χ3n) is 3.76. The van der Waals surface area contributed by atoms with Crippen LogP contribution in [0.1, 0.15) is 90.4 Å². The fraction of sp³-hybridized carbons (Fsp3) is 1.00. The van der Waals surface area contributed by atoms with Gasteiger partial charge in [0.25, 0.3) is 0 Å². The molecule has 0 saturated carbocycles. The van der Waals surface area contributed by atoms with Gasteiger partial charge in [0.05, 0.1) is 0 Å². The van der Waals surface area contributed by atoms with Crippen LogP contribution in [0.4, 0.5) is 0 Å². The van der Waals surface area contributed by atoms with Crippen LogP contribution in [0, 0.1) is 0 Å². The molecular formula is C17H36O2S. The van der Waals surface area contributed by atoms with Crippen molar-refractivity contribution in [3.05, 3.63) is 0 Å². The second kappa shape index (κ2) is 17.2. The number of hydrogen-bond acceptors (Lipinski definition) is 2. The summed E-state index contributed by atoms with van der Waals surface area (Å²) in [7, 11) is -0.571. The Morgan fingerprint density at radius 2 is 1.05 bits per heavy atom. The van der Waals surface area contributed by atoms with Crippen molar-refractivity contribution >= 4 is 10.8 Å². The van der Waals surface area contributed by atoms with Crippen molar-refractivity contribution in [1.29, 1.82) is 0 Å². The average molecular weight is 305 g/mol. The van der Waals surface area contributed by atoms with Crippen molar-refractivity contribution in [3.63, 3.8) is 0 Å². The molecule has 0 spiro atoms. The molecule has 0 bridgehead atoms. The highest BCUT2D eigenvalue weighted by Gasteiger charge is 2.00. The van der Waals surface area contributed by atoms with Gasteiger partial charge in [-0.1, -0.05) is 71.1 Å². The monoisotopic (exact) mass is 304 g/mol. The first kappa shape index (κ1) is 20.1. The van der Waals surface area contributed by atoms with Gasteiger partial charge < -0.3 is 5.11 Å². The molecule has 2 nitrogen and oxygen atoms in total. The van der Waals surface area contributed by atoms with Crippen LogP contribution in [0.5, 0.6) is 0 Å². The van der Waals surface area contributed by atoms with Gasteiger partial charge in [0.1, 0.15) is 0 Å². The van der Waals surface area contributed by atoms with Gasteiger partial charge >= 0.3 is 0 Å². The molecule has 0 aliphatic carbocycles. The van der Waals surface area contributed by atoms with Gasteiger partial charge in [0.2, 0.25) is 0 Å². The Kier molecular flexibility index (Phi) is 17.3. The third kappa shape index (κ3) is 16.2. The van der Waals surface area contributed by atoms with E-state index in [1.807, 2.05) is 0 Å². The summed E-state index contributed by atoms with van der Waals surface area (Å²) in [5.41, 5.74) is 0. The average Bonchev–Trinajstić information content (AvgIpc) is 2.45. The van der Waals surface area contributed by atoms with Crippen LogP contribution in [-0.2, 0) is 10.8 Å². The molecule has 1 N–H and O–H groups in total. The van der Waals surface area contributed by atoms with Crippen molar-refractivity contribution in [1.82, 2.24) is 0 Å². The Hall–Kier alpha value is 0.110. The van der Waals surface area contributed by atoms with Crippen LogP contribution in [0.15, 0.2) is 0 Å². The maximum absolute atomic E-state index is 11.8. The largest absolute Gasteiger partial charge is 0.396 e. The summed E-state index contributed by atoms with van der Waals surface area (Å²) in [6.07, 6.45) is 15.9. The number of aliphatic hydroxyl groups is 1. The highest BCUT2D eigenvalue weighted by Crippen LogP contribution is 2.09. The highest BCUT2D eigenvalue weighted by atomic mass is 32.2. The lowest BCUT2D eigenvalue weighted by atomic mass is 10.1. The molecule has 0 fully saturated rings. The molecule has 20 heavy (non-hydrogen) atoms. The Morgan fingerprint density at radius 3 is 1.50 bits per heavy atom. The summed E-state index contributed by atoms with van der Waals surface area (Å²) in [6.45, 7) is 2.57. The molecule has 0 aromatic rings. The van der Waals surface area contributed by atoms with E-state index in [1.54, 1.807) is 0 Å². The van der Waals surface area contributed by atoms with E-state index in [0.29, 0.717) is 6.61 Å². The van der Waals surface area contributed by atoms with Crippen LogP contribution in [0.2, 0.25) is 0 Å². The van der Waals surface area contributed by atoms with E-state index < -0.39 is 10.8 Å². The standard InChI is InChI=1S/C17H36O2S/c1-2-3-4-5-10-13-16-20(19)17-14-11-8-6-7-9-12-15-18/h18H,2-17H2,1H3. The molecule has 1 atom stereocenters. The van der Waals surface area contributed by atoms with Crippen LogP contribution in [0.25, 0.3) is 0 Å². The Labute approximate surface area is 129 Å². The number of hydrogen-bond donors (Lipinski definition) is 1. The van der Waals surface area contributed by atoms with Crippen LogP contribution >= 0.6 is 0 Å². The quantitative estimate of drug-likeness (QED) is 0.415. The Balaban J connectivity index is 3.12. The first-order valence-electron chi connectivity index (χ1n) is 8.77. The molecule has 122 valence electrons. The summed E-state index contributed by atoms with van der Waals surface area (Å²) < 4.78 is 11.8. The SMILES string of the molecule is CCCCCCCCS(=O)CCCCCCCCCO. The summed E-state index contributed by atoms with van der Waals surface area (Å²) in [5, 5.41) is 8.67. The van der Waals surface area contributed by atoms with Gasteiger partial charge in [-0.05, 0) is 19.3 Å². The molecule has 1 unspecified atom stereocenters. The third-order valence-corrected chi connectivity index (χ3v) is 5.24. The molecule has 0 heterocycles. The Bertz CT molecular complexity index is 207. The van der Waals surface area contributed by atoms with Crippen LogP contribution in [0.3, 0.4) is 0 Å². The van der Waals surface area contributed by atoms with Gasteiger partial charge in [-0.15, -0.1) is 0 Å². The first-order chi connectivity index (χ1) is 9.81. The van der Waals surface area contributed by atoms with Crippen molar-refractivity contribution in [2.24, 2.45) is 0 Å². The molecule has 0 aliphatic rings. The zero-order valence-electron chi connectivity index (χ0n) is 13.6. The van der Waals surface area contributed by atoms with Gasteiger partial charge in [0, 0.05) is 28.9 Å². The smallest absolute Gasteiger partial charge is 0.0431 e. The van der Waals surface area contributed by atoms with E-state index in [4.69, 9.17) is 5.11 Å². The summed E-state index contributed by atoms with van der Waals surface area (Å²) in [5.74, 6) is 1.83. The first-order valence-corrected chi connectivity index (χ1v) is 10.3. The fourth-order valence-corrected chi connectivity index (χ4v) is 3.66. The predicted molar refractivity (Wildman–Crippen MR) is 90.7 cm³/mol. The second-order valence-corrected chi connectivity index (χ2v) is 7.51. The lowest BCUT2D eigenvalue weighted by molar-refractivity contribution is 0.282. The van der Waals surface area contributed by atoms with Crippen molar-refractivity contribution in [2.75, 3.05) is 18.1 Å². The molecule has 3 heteroatoms. The molecule has 0 radical (unpaired) electrons. The van der Waals surface area contributed by atoms with Crippen LogP contribution in [-0.4, -0.2) is 27.4 Å². The van der Waals surface area contributed by atoms with E-state index in [-0.39, 0.29) is 0 Å². The lowest BCUT2D eigenvalue weighted by Crippen LogP contribution is -2.02. The number of unbranched alkanes of at least 4 members (excludes halogenated alkanes) is 11. The minimum Gasteiger partial charge on any atom is -0.396 e. The van der Waals surface area contributed by atoms with Gasteiger partial charge in [-0.25, -0.2) is 0 Å². The molecule has 0 rings (SSSR count). The fourth-order valence-electron chi connectivity index (χ4n) is 2.40. The van der Waals surface area contributed by atoms with E-state index in [2.05, 4.69) is 6.92 Å². The lowest BCUT2D eigenvalue weighted by Gasteiger charge is -2.03. The molecule has 0 saturated heterocycles. The summed E-state index contributed by atoms with van der Waals surface area (Å²) in [6, 6.07) is 0. The molecular weight excluding hydrogens is 268 g/mol. The van der Waals surface area contributed by atoms with Crippen molar-refractivity contribution in [3.8, 4) is 0 Å². The van der Waals surface area contributed by atoms with E-state index >= 15 is 0 Å². The van der Waals surface area contributed by atoms with Gasteiger partial charge in [-0.2, -0.15) is 0 Å². The minimum absolute atomic E-state index is 0.331. The summed E-state index contributed by atoms with van der Waals surface area (Å²) >= 11 is 0. The molecule has 0 aromatic carbocycles. The topological polar surface area (TPSA) is 37.3 Å². The maximum Gasteiger partial charge on any atom is 0.0431 e. The van der Waals surface area contributed by atoms with Crippen LogP contribution < -0.4 is 0 Å². The number of rotatable bonds is 16. The zero-order valence-corrected chi connectivity index (χ0v) is 14.4. The molecule has 0 aliphatic heterocycles. The zero-order chi connectivity index (χ0) is 14.9. The molecule has 0 amide bonds. The van der Waals surface area contributed by atoms with Gasteiger partial charge in [-0.3, -0.25) is 4.21 Å². The highest BCUT2D eigenvalue weighted by molar-refractivity contribution is 7.84. The maximum atomic E-state index is 11.8. The van der Waals surface area contributed by atoms with E-state index in [1.165, 1.54) is 57.8 Å². The second-order valence-electron chi connectivity index (χ2n) is 5.81. The van der Waals surface area contributed by atoms with E-state index in [9.17, 15) is 4.21 Å². The van der Waals surface area contributed by atoms with Crippen molar-refractivity contribution < 1.29 is 9.32 Å². The molecule has 0 aromatic heterocycles. The minimum atomic E-state index is -0.571. The predicted octanol–water partition coefficient (Wildman–Crippen LogP) is 4.82.